The van der Waals surface area contributed by atoms with E-state index < -0.39 is 28.5 Å². The molecule has 2 fully saturated rings. The van der Waals surface area contributed by atoms with Gasteiger partial charge in [0.15, 0.2) is 0 Å². The minimum absolute atomic E-state index is 0.402. The molecule has 4 rings (SSSR count). The van der Waals surface area contributed by atoms with Crippen molar-refractivity contribution in [3.05, 3.63) is 81.4 Å². The van der Waals surface area contributed by atoms with Crippen molar-refractivity contribution in [3.63, 3.8) is 0 Å². The highest BCUT2D eigenvalue weighted by Crippen LogP contribution is 2.45. The quantitative estimate of drug-likeness (QED) is 0.681. The Morgan fingerprint density at radius 1 is 1.15 bits per heavy atom. The van der Waals surface area contributed by atoms with Gasteiger partial charge < -0.3 is 4.90 Å². The molecule has 26 heavy (non-hydrogen) atoms. The summed E-state index contributed by atoms with van der Waals surface area (Å²) in [5.41, 5.74) is 2.23. The summed E-state index contributed by atoms with van der Waals surface area (Å²) in [5.74, 6) is -0.874. The monoisotopic (exact) mass is 351 g/mol. The van der Waals surface area contributed by atoms with E-state index in [1.165, 1.54) is 0 Å². The fraction of sp³-hybridized carbons (Fsp3) is 0.350. The molecule has 0 saturated carbocycles. The van der Waals surface area contributed by atoms with Gasteiger partial charge in [0.05, 0.1) is 5.92 Å². The maximum absolute atomic E-state index is 13.1. The first kappa shape index (κ1) is 16.7. The van der Waals surface area contributed by atoms with Gasteiger partial charge in [0.25, 0.3) is 11.9 Å². The van der Waals surface area contributed by atoms with Gasteiger partial charge in [0.2, 0.25) is 0 Å². The van der Waals surface area contributed by atoms with Crippen LogP contribution in [-0.2, 0) is 10.5 Å². The van der Waals surface area contributed by atoms with Crippen LogP contribution in [0.4, 0.5) is 0 Å². The van der Waals surface area contributed by atoms with Crippen molar-refractivity contribution < 1.29 is 9.72 Å². The number of carbonyl (C=O) groups excluding carboxylic acids is 1. The molecule has 2 aromatic carbocycles. The molecule has 2 aromatic rings. The van der Waals surface area contributed by atoms with E-state index in [1.807, 2.05) is 61.5 Å². The van der Waals surface area contributed by atoms with Crippen LogP contribution in [0, 0.1) is 17.0 Å². The first-order valence-electron chi connectivity index (χ1n) is 8.85. The van der Waals surface area contributed by atoms with Crippen molar-refractivity contribution >= 4 is 5.91 Å². The Hall–Kier alpha value is -2.73. The third-order valence-electron chi connectivity index (χ3n) is 5.61. The van der Waals surface area contributed by atoms with Gasteiger partial charge >= 0.3 is 0 Å². The lowest BCUT2D eigenvalue weighted by Gasteiger charge is -2.46. The number of hydrogen-bond acceptors (Lipinski definition) is 4. The minimum atomic E-state index is -1.24. The molecule has 3 atom stereocenters. The summed E-state index contributed by atoms with van der Waals surface area (Å²) in [6, 6.07) is 16.2. The molecule has 1 N–H and O–H groups in total. The Morgan fingerprint density at radius 2 is 1.85 bits per heavy atom. The number of nitro groups is 1. The number of nitrogens with one attached hydrogen (secondary N) is 1. The normalized spacial score (nSPS) is 28.0. The molecule has 2 aliphatic heterocycles. The van der Waals surface area contributed by atoms with E-state index in [0.29, 0.717) is 19.5 Å². The third-order valence-corrected chi connectivity index (χ3v) is 5.61. The molecule has 0 unspecified atom stereocenters. The summed E-state index contributed by atoms with van der Waals surface area (Å²) in [6.45, 7) is 3.09. The van der Waals surface area contributed by atoms with Crippen LogP contribution in [0.1, 0.15) is 29.0 Å². The summed E-state index contributed by atoms with van der Waals surface area (Å²) < 4.78 is 0. The molecule has 0 aliphatic carbocycles. The smallest absolute Gasteiger partial charge is 0.299 e. The minimum Gasteiger partial charge on any atom is -0.313 e. The maximum atomic E-state index is 13.1. The molecule has 2 aliphatic rings. The zero-order chi connectivity index (χ0) is 18.3. The van der Waals surface area contributed by atoms with Crippen LogP contribution in [0.5, 0.6) is 0 Å². The van der Waals surface area contributed by atoms with E-state index in [1.54, 1.807) is 4.90 Å². The Bertz CT molecular complexity index is 837. The first-order valence-corrected chi connectivity index (χ1v) is 8.85. The van der Waals surface area contributed by atoms with Crippen molar-refractivity contribution in [2.45, 2.75) is 31.0 Å². The Kier molecular flexibility index (Phi) is 4.00. The second-order valence-electron chi connectivity index (χ2n) is 7.09. The lowest BCUT2D eigenvalue weighted by Crippen LogP contribution is -2.62. The SMILES string of the molecule is Cc1ccc([C@H]2C[C@@]3(c4ccccc4)NCCN3C(=O)[C@@H]2[N+](=O)[O-])cc1. The molecule has 6 heteroatoms. The van der Waals surface area contributed by atoms with Crippen molar-refractivity contribution in [3.8, 4) is 0 Å². The van der Waals surface area contributed by atoms with Gasteiger partial charge in [-0.3, -0.25) is 20.2 Å². The highest BCUT2D eigenvalue weighted by Gasteiger charge is 2.58. The fourth-order valence-corrected chi connectivity index (χ4v) is 4.34. The summed E-state index contributed by atoms with van der Waals surface area (Å²) >= 11 is 0. The number of amides is 1. The van der Waals surface area contributed by atoms with Crippen LogP contribution in [0.15, 0.2) is 54.6 Å². The second-order valence-corrected chi connectivity index (χ2v) is 7.09. The van der Waals surface area contributed by atoms with E-state index in [0.717, 1.165) is 16.7 Å². The summed E-state index contributed by atoms with van der Waals surface area (Å²) in [4.78, 5) is 26.2. The van der Waals surface area contributed by atoms with E-state index >= 15 is 0 Å². The standard InChI is InChI=1S/C20H21N3O3/c1-14-7-9-15(10-8-14)17-13-20(16-5-3-2-4-6-16)21-11-12-22(20)19(24)18(17)23(25)26/h2-10,17-18,21H,11-13H2,1H3/t17-,18-,20-/m1/s1. The zero-order valence-electron chi connectivity index (χ0n) is 14.6. The number of piperidine rings is 1. The highest BCUT2D eigenvalue weighted by molar-refractivity contribution is 5.84. The van der Waals surface area contributed by atoms with Crippen LogP contribution in [0.2, 0.25) is 0 Å². The van der Waals surface area contributed by atoms with E-state index in [9.17, 15) is 14.9 Å². The molecular weight excluding hydrogens is 330 g/mol. The Balaban J connectivity index is 1.83. The number of hydrogen-bond donors (Lipinski definition) is 1. The topological polar surface area (TPSA) is 75.5 Å². The van der Waals surface area contributed by atoms with Gasteiger partial charge in [-0.05, 0) is 18.1 Å². The fourth-order valence-electron chi connectivity index (χ4n) is 4.34. The van der Waals surface area contributed by atoms with E-state index in [-0.39, 0.29) is 0 Å². The number of aryl methyl sites for hydroxylation is 1. The molecule has 2 heterocycles. The lowest BCUT2D eigenvalue weighted by molar-refractivity contribution is -0.516. The molecule has 0 radical (unpaired) electrons. The predicted octanol–water partition coefficient (Wildman–Crippen LogP) is 2.41. The highest BCUT2D eigenvalue weighted by atomic mass is 16.6. The van der Waals surface area contributed by atoms with Crippen LogP contribution in [0.25, 0.3) is 0 Å². The van der Waals surface area contributed by atoms with E-state index in [2.05, 4.69) is 5.32 Å². The molecule has 0 bridgehead atoms. The summed E-state index contributed by atoms with van der Waals surface area (Å²) in [6.07, 6.45) is 0.484. The number of carbonyl (C=O) groups is 1. The largest absolute Gasteiger partial charge is 0.313 e. The van der Waals surface area contributed by atoms with Gasteiger partial charge in [-0.25, -0.2) is 0 Å². The number of rotatable bonds is 3. The first-order chi connectivity index (χ1) is 12.5. The molecule has 1 amide bonds. The molecule has 6 nitrogen and oxygen atoms in total. The molecule has 134 valence electrons. The summed E-state index contributed by atoms with van der Waals surface area (Å²) in [5, 5.41) is 15.3. The predicted molar refractivity (Wildman–Crippen MR) is 97.2 cm³/mol. The van der Waals surface area contributed by atoms with Gasteiger partial charge in [0.1, 0.15) is 5.66 Å². The van der Waals surface area contributed by atoms with E-state index in [4.69, 9.17) is 0 Å². The van der Waals surface area contributed by atoms with Crippen molar-refractivity contribution in [2.75, 3.05) is 13.1 Å². The number of fused-ring (bicyclic) bond motifs is 1. The van der Waals surface area contributed by atoms with Crippen molar-refractivity contribution in [1.82, 2.24) is 10.2 Å². The summed E-state index contributed by atoms with van der Waals surface area (Å²) in [7, 11) is 0. The van der Waals surface area contributed by atoms with Gasteiger partial charge in [-0.2, -0.15) is 0 Å². The molecule has 0 spiro atoms. The van der Waals surface area contributed by atoms with Gasteiger partial charge in [-0.15, -0.1) is 0 Å². The molecular formula is C20H21N3O3. The van der Waals surface area contributed by atoms with Crippen LogP contribution < -0.4 is 5.32 Å². The Labute approximate surface area is 152 Å². The third kappa shape index (κ3) is 2.49. The second kappa shape index (κ2) is 6.21. The van der Waals surface area contributed by atoms with Crippen LogP contribution in [-0.4, -0.2) is 34.9 Å². The van der Waals surface area contributed by atoms with Gasteiger partial charge in [-0.1, -0.05) is 60.2 Å². The molecule has 0 aromatic heterocycles. The number of nitrogens with zero attached hydrogens (tertiary/aromatic N) is 2. The van der Waals surface area contributed by atoms with Crippen molar-refractivity contribution in [2.24, 2.45) is 0 Å². The average molecular weight is 351 g/mol. The average Bonchev–Trinajstić information content (AvgIpc) is 3.08. The van der Waals surface area contributed by atoms with Gasteiger partial charge in [0, 0.05) is 24.4 Å². The zero-order valence-corrected chi connectivity index (χ0v) is 14.6. The number of benzene rings is 2. The molecule has 2 saturated heterocycles. The van der Waals surface area contributed by atoms with Crippen LogP contribution >= 0.6 is 0 Å². The van der Waals surface area contributed by atoms with Crippen LogP contribution in [0.3, 0.4) is 0 Å². The Morgan fingerprint density at radius 3 is 2.50 bits per heavy atom. The van der Waals surface area contributed by atoms with Crippen molar-refractivity contribution in [1.29, 1.82) is 0 Å². The lowest BCUT2D eigenvalue weighted by atomic mass is 9.76. The maximum Gasteiger partial charge on any atom is 0.299 e.